The largest absolute Gasteiger partial charge is 0.458 e. The zero-order valence-electron chi connectivity index (χ0n) is 32.6. The molecule has 4 saturated carbocycles. The topological polar surface area (TPSA) is 183 Å². The summed E-state index contributed by atoms with van der Waals surface area (Å²) in [5, 5.41) is 55.0. The third-order valence-corrected chi connectivity index (χ3v) is 15.9. The maximum atomic E-state index is 12.6. The first-order chi connectivity index (χ1) is 25.6. The Kier molecular flexibility index (Phi) is 10.9. The molecule has 0 aromatic carbocycles. The maximum absolute atomic E-state index is 12.6. The van der Waals surface area contributed by atoms with Crippen molar-refractivity contribution in [3.63, 3.8) is 0 Å². The van der Waals surface area contributed by atoms with Crippen molar-refractivity contribution >= 4 is 5.97 Å². The third kappa shape index (κ3) is 6.82. The van der Waals surface area contributed by atoms with E-state index in [1.165, 1.54) is 0 Å². The monoisotopic (exact) mass is 764 g/mol. The molecule has 4 aliphatic heterocycles. The van der Waals surface area contributed by atoms with Crippen molar-refractivity contribution in [2.75, 3.05) is 6.61 Å². The van der Waals surface area contributed by atoms with Gasteiger partial charge in [0.15, 0.2) is 18.9 Å². The van der Waals surface area contributed by atoms with Crippen LogP contribution in [0.2, 0.25) is 0 Å². The number of aliphatic hydroxyl groups excluding tert-OH is 4. The smallest absolute Gasteiger partial charge is 0.331 e. The van der Waals surface area contributed by atoms with Gasteiger partial charge in [0, 0.05) is 30.8 Å². The average Bonchev–Trinajstić information content (AvgIpc) is 3.66. The Morgan fingerprint density at radius 2 is 1.30 bits per heavy atom. The van der Waals surface area contributed by atoms with E-state index < -0.39 is 79.4 Å². The molecule has 0 radical (unpaired) electrons. The van der Waals surface area contributed by atoms with Gasteiger partial charge in [0.05, 0.1) is 48.3 Å². The predicted octanol–water partition coefficient (Wildman–Crippen LogP) is 3.25. The minimum absolute atomic E-state index is 0.0243. The molecule has 7 fully saturated rings. The zero-order chi connectivity index (χ0) is 38.3. The summed E-state index contributed by atoms with van der Waals surface area (Å²) in [6, 6.07) is 0. The quantitative estimate of drug-likeness (QED) is 0.188. The fourth-order valence-electron chi connectivity index (χ4n) is 12.8. The normalized spacial score (nSPS) is 55.0. The SMILES string of the molecule is C[C@H]1O[C@@H](O[C@H]2[C@@H](O)CC(O[C@H]3[C@@H](O)C[C@H](O[C@H]4CC[C@@]5(C)[C@H](CC[C@@H]6[C@@H]5CC[C@]5(C)[C@@H](C7=CC(=O)OC7)CC[C@]65O)C4)O[C@@H]3C)O[C@@H]2C)C[C@H](O)[C@@H]1O. The molecule has 0 spiro atoms. The van der Waals surface area contributed by atoms with Crippen molar-refractivity contribution in [2.45, 2.75) is 197 Å². The summed E-state index contributed by atoms with van der Waals surface area (Å²) < 4.78 is 42.2. The first kappa shape index (κ1) is 39.6. The van der Waals surface area contributed by atoms with Gasteiger partial charge in [-0.3, -0.25) is 0 Å². The Morgan fingerprint density at radius 1 is 0.685 bits per heavy atom. The lowest BCUT2D eigenvalue weighted by Gasteiger charge is -2.64. The number of aliphatic hydroxyl groups is 5. The molecule has 20 atom stereocenters. The van der Waals surface area contributed by atoms with Gasteiger partial charge in [-0.15, -0.1) is 0 Å². The van der Waals surface area contributed by atoms with E-state index in [2.05, 4.69) is 13.8 Å². The van der Waals surface area contributed by atoms with Crippen LogP contribution >= 0.6 is 0 Å². The molecule has 4 aliphatic carbocycles. The summed E-state index contributed by atoms with van der Waals surface area (Å²) in [6.07, 6.45) is 1.90. The standard InChI is InChI=1S/C41H64O13/c1-20-36(46)29(42)16-34(49-20)53-38-22(3)51-35(18-31(38)44)54-37-21(2)50-33(17-30(37)43)52-25-8-11-39(4)24(15-25)6-7-28-27(39)9-12-40(5)26(10-13-41(28,40)47)23-14-32(45)48-19-23/h14,20-22,24-31,33-38,42-44,46-47H,6-13,15-19H2,1-5H3/t20-,21-,22-,24-,25+,26-,27+,28-,29+,30+,31+,33+,34+,35?,36-,37-,38-,39+,40-,41+/m1/s1. The van der Waals surface area contributed by atoms with E-state index >= 15 is 0 Å². The molecule has 306 valence electrons. The Morgan fingerprint density at radius 3 is 1.89 bits per heavy atom. The number of hydrogen-bond donors (Lipinski definition) is 5. The van der Waals surface area contributed by atoms with Crippen LogP contribution in [-0.2, 0) is 38.0 Å². The highest BCUT2D eigenvalue weighted by Crippen LogP contribution is 2.70. The minimum Gasteiger partial charge on any atom is -0.458 e. The highest BCUT2D eigenvalue weighted by Gasteiger charge is 2.68. The number of hydrogen-bond acceptors (Lipinski definition) is 13. The lowest BCUT2D eigenvalue weighted by Crippen LogP contribution is -2.62. The van der Waals surface area contributed by atoms with Crippen molar-refractivity contribution in [1.82, 2.24) is 0 Å². The number of carbonyl (C=O) groups excluding carboxylic acids is 1. The summed E-state index contributed by atoms with van der Waals surface area (Å²) >= 11 is 0. The third-order valence-electron chi connectivity index (χ3n) is 15.9. The van der Waals surface area contributed by atoms with Crippen molar-refractivity contribution in [3.05, 3.63) is 11.6 Å². The van der Waals surface area contributed by atoms with Crippen LogP contribution in [0, 0.1) is 34.5 Å². The molecular weight excluding hydrogens is 700 g/mol. The summed E-state index contributed by atoms with van der Waals surface area (Å²) in [5.41, 5.74) is 0.215. The number of esters is 1. The first-order valence-corrected chi connectivity index (χ1v) is 20.8. The minimum atomic E-state index is -0.996. The lowest BCUT2D eigenvalue weighted by molar-refractivity contribution is -0.336. The zero-order valence-corrected chi connectivity index (χ0v) is 32.6. The Balaban J connectivity index is 0.826. The van der Waals surface area contributed by atoms with E-state index in [0.717, 1.165) is 63.4 Å². The first-order valence-electron chi connectivity index (χ1n) is 20.8. The number of rotatable bonds is 7. The molecule has 1 unspecified atom stereocenters. The van der Waals surface area contributed by atoms with Gasteiger partial charge in [0.25, 0.3) is 0 Å². The lowest BCUT2D eigenvalue weighted by atomic mass is 9.43. The molecule has 0 aromatic rings. The number of ether oxygens (including phenoxy) is 7. The van der Waals surface area contributed by atoms with Crippen molar-refractivity contribution in [2.24, 2.45) is 34.5 Å². The second kappa shape index (κ2) is 14.9. The van der Waals surface area contributed by atoms with Crippen LogP contribution in [0.4, 0.5) is 0 Å². The molecule has 0 amide bonds. The van der Waals surface area contributed by atoms with Gasteiger partial charge in [-0.05, 0) is 113 Å². The molecule has 0 bridgehead atoms. The Labute approximate surface area is 319 Å². The predicted molar refractivity (Wildman–Crippen MR) is 191 cm³/mol. The maximum Gasteiger partial charge on any atom is 0.331 e. The van der Waals surface area contributed by atoms with E-state index in [1.807, 2.05) is 6.92 Å². The number of carbonyl (C=O) groups is 1. The summed E-state index contributed by atoms with van der Waals surface area (Å²) in [5.74, 6) is 1.13. The van der Waals surface area contributed by atoms with Crippen LogP contribution in [0.15, 0.2) is 11.6 Å². The van der Waals surface area contributed by atoms with E-state index in [0.29, 0.717) is 18.4 Å². The van der Waals surface area contributed by atoms with Crippen molar-refractivity contribution in [1.29, 1.82) is 0 Å². The molecular formula is C41H64O13. The van der Waals surface area contributed by atoms with Crippen LogP contribution < -0.4 is 0 Å². The molecule has 0 aromatic heterocycles. The molecule has 3 saturated heterocycles. The average molecular weight is 765 g/mol. The summed E-state index contributed by atoms with van der Waals surface area (Å²) in [6.45, 7) is 10.4. The number of fused-ring (bicyclic) bond motifs is 5. The van der Waals surface area contributed by atoms with Crippen LogP contribution in [0.5, 0.6) is 0 Å². The second-order valence-corrected chi connectivity index (χ2v) is 18.7. The fraction of sp³-hybridized carbons (Fsp3) is 0.927. The van der Waals surface area contributed by atoms with E-state index in [-0.39, 0.29) is 54.0 Å². The molecule has 4 heterocycles. The molecule has 13 nitrogen and oxygen atoms in total. The van der Waals surface area contributed by atoms with Gasteiger partial charge < -0.3 is 58.7 Å². The molecule has 5 N–H and O–H groups in total. The van der Waals surface area contributed by atoms with Crippen molar-refractivity contribution in [3.8, 4) is 0 Å². The Bertz CT molecular complexity index is 1370. The van der Waals surface area contributed by atoms with E-state index in [1.54, 1.807) is 19.9 Å². The highest BCUT2D eigenvalue weighted by atomic mass is 16.7. The van der Waals surface area contributed by atoms with Gasteiger partial charge in [0.1, 0.15) is 24.9 Å². The highest BCUT2D eigenvalue weighted by molar-refractivity contribution is 5.85. The molecule has 8 aliphatic rings. The van der Waals surface area contributed by atoms with Crippen molar-refractivity contribution < 1.29 is 63.5 Å². The van der Waals surface area contributed by atoms with Gasteiger partial charge in [-0.25, -0.2) is 4.79 Å². The van der Waals surface area contributed by atoms with Gasteiger partial charge in [-0.2, -0.15) is 0 Å². The van der Waals surface area contributed by atoms with Gasteiger partial charge in [-0.1, -0.05) is 13.8 Å². The van der Waals surface area contributed by atoms with Crippen LogP contribution in [0.25, 0.3) is 0 Å². The summed E-state index contributed by atoms with van der Waals surface area (Å²) in [4.78, 5) is 11.9. The van der Waals surface area contributed by atoms with E-state index in [9.17, 15) is 30.3 Å². The van der Waals surface area contributed by atoms with Crippen LogP contribution in [0.3, 0.4) is 0 Å². The summed E-state index contributed by atoms with van der Waals surface area (Å²) in [7, 11) is 0. The fourth-order valence-corrected chi connectivity index (χ4v) is 12.8. The van der Waals surface area contributed by atoms with Gasteiger partial charge >= 0.3 is 5.97 Å². The van der Waals surface area contributed by atoms with E-state index in [4.69, 9.17) is 33.2 Å². The second-order valence-electron chi connectivity index (χ2n) is 18.7. The van der Waals surface area contributed by atoms with Gasteiger partial charge in [0.2, 0.25) is 0 Å². The molecule has 54 heavy (non-hydrogen) atoms. The molecule has 8 rings (SSSR count). The molecule has 13 heteroatoms. The van der Waals surface area contributed by atoms with Crippen LogP contribution in [0.1, 0.15) is 112 Å². The Hall–Kier alpha value is -1.23. The van der Waals surface area contributed by atoms with Crippen LogP contribution in [-0.4, -0.2) is 124 Å². The number of cyclic esters (lactones) is 1.